The molecule has 4 nitrogen and oxygen atoms in total. The normalized spacial score (nSPS) is 12.6. The number of benzene rings is 1. The zero-order valence-corrected chi connectivity index (χ0v) is 11.3. The van der Waals surface area contributed by atoms with Crippen LogP contribution in [0.15, 0.2) is 42.7 Å². The number of aliphatic hydroxyl groups is 1. The summed E-state index contributed by atoms with van der Waals surface area (Å²) in [6.07, 6.45) is 3.06. The molecule has 0 aliphatic carbocycles. The monoisotopic (exact) mass is 257 g/mol. The highest BCUT2D eigenvalue weighted by Crippen LogP contribution is 2.13. The van der Waals surface area contributed by atoms with E-state index in [2.05, 4.69) is 9.97 Å². The van der Waals surface area contributed by atoms with E-state index < -0.39 is 6.10 Å². The van der Waals surface area contributed by atoms with Gasteiger partial charge in [0, 0.05) is 25.5 Å². The topological polar surface area (TPSA) is 49.2 Å². The average Bonchev–Trinajstić information content (AvgIpc) is 2.42. The van der Waals surface area contributed by atoms with Crippen LogP contribution in [-0.4, -0.2) is 33.6 Å². The Hall–Kier alpha value is -1.78. The Labute approximate surface area is 113 Å². The van der Waals surface area contributed by atoms with Gasteiger partial charge in [-0.1, -0.05) is 30.3 Å². The molecule has 1 aromatic carbocycles. The number of likely N-dealkylation sites (N-methyl/N-ethyl adjacent to an activating group) is 1. The van der Waals surface area contributed by atoms with E-state index in [1.807, 2.05) is 49.2 Å². The summed E-state index contributed by atoms with van der Waals surface area (Å²) in [7, 11) is 1.97. The van der Waals surface area contributed by atoms with Gasteiger partial charge in [0.15, 0.2) is 0 Å². The zero-order valence-electron chi connectivity index (χ0n) is 11.3. The molecule has 0 aliphatic heterocycles. The molecule has 1 unspecified atom stereocenters. The van der Waals surface area contributed by atoms with Gasteiger partial charge in [-0.3, -0.25) is 14.9 Å². The second kappa shape index (κ2) is 6.41. The van der Waals surface area contributed by atoms with Gasteiger partial charge in [-0.2, -0.15) is 0 Å². The van der Waals surface area contributed by atoms with Crippen molar-refractivity contribution in [3.63, 3.8) is 0 Å². The highest BCUT2D eigenvalue weighted by molar-refractivity contribution is 5.17. The van der Waals surface area contributed by atoms with E-state index in [0.29, 0.717) is 13.1 Å². The van der Waals surface area contributed by atoms with Crippen molar-refractivity contribution in [1.29, 1.82) is 0 Å². The van der Waals surface area contributed by atoms with Crippen molar-refractivity contribution in [2.24, 2.45) is 0 Å². The van der Waals surface area contributed by atoms with E-state index in [-0.39, 0.29) is 0 Å². The summed E-state index contributed by atoms with van der Waals surface area (Å²) in [6.45, 7) is 3.16. The first-order valence-corrected chi connectivity index (χ1v) is 6.34. The molecule has 19 heavy (non-hydrogen) atoms. The standard InChI is InChI=1S/C15H19N3O/c1-12-8-17-14(9-16-12)10-18(2)11-15(19)13-6-4-3-5-7-13/h3-9,15,19H,10-11H2,1-2H3. The third-order valence-electron chi connectivity index (χ3n) is 2.94. The fourth-order valence-electron chi connectivity index (χ4n) is 1.92. The van der Waals surface area contributed by atoms with Gasteiger partial charge in [0.25, 0.3) is 0 Å². The molecular formula is C15H19N3O. The third-order valence-corrected chi connectivity index (χ3v) is 2.94. The fraction of sp³-hybridized carbons (Fsp3) is 0.333. The summed E-state index contributed by atoms with van der Waals surface area (Å²) in [5.74, 6) is 0. The van der Waals surface area contributed by atoms with Gasteiger partial charge in [-0.05, 0) is 19.5 Å². The predicted octanol–water partition coefficient (Wildman–Crippen LogP) is 1.95. The minimum absolute atomic E-state index is 0.482. The van der Waals surface area contributed by atoms with Crippen LogP contribution in [0.25, 0.3) is 0 Å². The van der Waals surface area contributed by atoms with E-state index in [0.717, 1.165) is 17.0 Å². The molecule has 1 N–H and O–H groups in total. The van der Waals surface area contributed by atoms with Gasteiger partial charge in [0.05, 0.1) is 17.5 Å². The molecule has 2 rings (SSSR count). The SMILES string of the molecule is Cc1cnc(CN(C)CC(O)c2ccccc2)cn1. The van der Waals surface area contributed by atoms with Crippen molar-refractivity contribution >= 4 is 0 Å². The molecule has 0 amide bonds. The number of hydrogen-bond donors (Lipinski definition) is 1. The molecule has 1 aromatic heterocycles. The molecule has 1 atom stereocenters. The van der Waals surface area contributed by atoms with Gasteiger partial charge < -0.3 is 5.11 Å². The maximum atomic E-state index is 10.1. The number of hydrogen-bond acceptors (Lipinski definition) is 4. The lowest BCUT2D eigenvalue weighted by molar-refractivity contribution is 0.123. The summed E-state index contributed by atoms with van der Waals surface area (Å²) in [6, 6.07) is 9.68. The summed E-state index contributed by atoms with van der Waals surface area (Å²) in [5.41, 5.74) is 2.76. The predicted molar refractivity (Wildman–Crippen MR) is 74.5 cm³/mol. The molecule has 100 valence electrons. The second-order valence-corrected chi connectivity index (χ2v) is 4.77. The second-order valence-electron chi connectivity index (χ2n) is 4.77. The van der Waals surface area contributed by atoms with Crippen molar-refractivity contribution in [3.05, 3.63) is 59.7 Å². The number of aryl methyl sites for hydroxylation is 1. The van der Waals surface area contributed by atoms with Crippen LogP contribution < -0.4 is 0 Å². The summed E-state index contributed by atoms with van der Waals surface area (Å²) >= 11 is 0. The lowest BCUT2D eigenvalue weighted by atomic mass is 10.1. The Morgan fingerprint density at radius 3 is 2.53 bits per heavy atom. The Kier molecular flexibility index (Phi) is 4.60. The number of rotatable bonds is 5. The molecule has 0 saturated carbocycles. The number of aliphatic hydroxyl groups excluding tert-OH is 1. The molecule has 0 bridgehead atoms. The minimum Gasteiger partial charge on any atom is -0.387 e. The smallest absolute Gasteiger partial charge is 0.0916 e. The summed E-state index contributed by atoms with van der Waals surface area (Å²) < 4.78 is 0. The lowest BCUT2D eigenvalue weighted by Crippen LogP contribution is -2.24. The fourth-order valence-corrected chi connectivity index (χ4v) is 1.92. The zero-order chi connectivity index (χ0) is 13.7. The maximum Gasteiger partial charge on any atom is 0.0916 e. The molecule has 0 fully saturated rings. The van der Waals surface area contributed by atoms with Crippen LogP contribution in [0.1, 0.15) is 23.1 Å². The Bertz CT molecular complexity index is 499. The first-order valence-electron chi connectivity index (χ1n) is 6.34. The largest absolute Gasteiger partial charge is 0.387 e. The molecule has 2 aromatic rings. The number of aromatic nitrogens is 2. The quantitative estimate of drug-likeness (QED) is 0.889. The Morgan fingerprint density at radius 1 is 1.16 bits per heavy atom. The van der Waals surface area contributed by atoms with Gasteiger partial charge in [-0.15, -0.1) is 0 Å². The van der Waals surface area contributed by atoms with Crippen molar-refractivity contribution in [1.82, 2.24) is 14.9 Å². The van der Waals surface area contributed by atoms with Crippen LogP contribution in [0.5, 0.6) is 0 Å². The van der Waals surface area contributed by atoms with E-state index in [1.54, 1.807) is 12.4 Å². The molecular weight excluding hydrogens is 238 g/mol. The summed E-state index contributed by atoms with van der Waals surface area (Å²) in [5, 5.41) is 10.1. The van der Waals surface area contributed by atoms with Crippen LogP contribution in [0, 0.1) is 6.92 Å². The van der Waals surface area contributed by atoms with Crippen molar-refractivity contribution < 1.29 is 5.11 Å². The molecule has 1 heterocycles. The average molecular weight is 257 g/mol. The van der Waals surface area contributed by atoms with Gasteiger partial charge >= 0.3 is 0 Å². The van der Waals surface area contributed by atoms with Crippen LogP contribution in [0.3, 0.4) is 0 Å². The molecule has 0 saturated heterocycles. The minimum atomic E-state index is -0.482. The molecule has 4 heteroatoms. The first-order chi connectivity index (χ1) is 9.15. The van der Waals surface area contributed by atoms with E-state index >= 15 is 0 Å². The van der Waals surface area contributed by atoms with Gasteiger partial charge in [-0.25, -0.2) is 0 Å². The molecule has 0 spiro atoms. The highest BCUT2D eigenvalue weighted by atomic mass is 16.3. The van der Waals surface area contributed by atoms with E-state index in [4.69, 9.17) is 0 Å². The lowest BCUT2D eigenvalue weighted by Gasteiger charge is -2.20. The molecule has 0 radical (unpaired) electrons. The highest BCUT2D eigenvalue weighted by Gasteiger charge is 2.11. The van der Waals surface area contributed by atoms with E-state index in [1.165, 1.54) is 0 Å². The Morgan fingerprint density at radius 2 is 1.89 bits per heavy atom. The van der Waals surface area contributed by atoms with Crippen molar-refractivity contribution in [3.8, 4) is 0 Å². The maximum absolute atomic E-state index is 10.1. The van der Waals surface area contributed by atoms with Gasteiger partial charge in [0.2, 0.25) is 0 Å². The van der Waals surface area contributed by atoms with Crippen LogP contribution >= 0.6 is 0 Å². The van der Waals surface area contributed by atoms with Crippen molar-refractivity contribution in [2.75, 3.05) is 13.6 Å². The van der Waals surface area contributed by atoms with E-state index in [9.17, 15) is 5.11 Å². The summed E-state index contributed by atoms with van der Waals surface area (Å²) in [4.78, 5) is 10.6. The first kappa shape index (κ1) is 13.6. The number of nitrogens with zero attached hydrogens (tertiary/aromatic N) is 3. The van der Waals surface area contributed by atoms with Crippen LogP contribution in [-0.2, 0) is 6.54 Å². The van der Waals surface area contributed by atoms with Crippen LogP contribution in [0.4, 0.5) is 0 Å². The third kappa shape index (κ3) is 4.12. The Balaban J connectivity index is 1.90. The van der Waals surface area contributed by atoms with Crippen LogP contribution in [0.2, 0.25) is 0 Å². The molecule has 0 aliphatic rings. The van der Waals surface area contributed by atoms with Gasteiger partial charge in [0.1, 0.15) is 0 Å². The van der Waals surface area contributed by atoms with Crippen molar-refractivity contribution in [2.45, 2.75) is 19.6 Å².